The Bertz CT molecular complexity index is 3360. The standard InChI is InChI=1S/C66H73BN2O/c1-60(2,3)42-19-24-53-52(35-42)67-57-45-38-50-51(66(13)31-29-65(50,12)30-32-66)39-56(45)70-59(57)69(44-21-23-47-49(37-44)64(10,11)28-26-62(47,6)7)55-34-41(40-17-15-14-16-18-40)33-54(58(55)67)68(53)43-20-22-46-48(36-43)63(8,9)27-25-61(46,4)5/h14-24,33-39H,25-32H2,1-13H3. The number of benzene rings is 6. The summed E-state index contributed by atoms with van der Waals surface area (Å²) < 4.78 is 7.69. The van der Waals surface area contributed by atoms with Gasteiger partial charge in [-0.1, -0.05) is 145 Å². The third kappa shape index (κ3) is 6.19. The Morgan fingerprint density at radius 2 is 0.957 bits per heavy atom. The molecule has 1 fully saturated rings. The molecule has 0 spiro atoms. The molecule has 1 aromatic heterocycles. The molecule has 3 heterocycles. The molecule has 2 bridgehead atoms. The first-order chi connectivity index (χ1) is 33.0. The van der Waals surface area contributed by atoms with Crippen molar-refractivity contribution in [1.29, 1.82) is 0 Å². The van der Waals surface area contributed by atoms with Crippen LogP contribution in [0.4, 0.5) is 34.3 Å². The van der Waals surface area contributed by atoms with Crippen molar-refractivity contribution < 1.29 is 4.42 Å². The Labute approximate surface area is 419 Å². The zero-order valence-corrected chi connectivity index (χ0v) is 44.4. The summed E-state index contributed by atoms with van der Waals surface area (Å²) >= 11 is 0. The van der Waals surface area contributed by atoms with Crippen LogP contribution >= 0.6 is 0 Å². The fourth-order valence-electron chi connectivity index (χ4n) is 14.7. The van der Waals surface area contributed by atoms with Crippen LogP contribution in [0.15, 0.2) is 114 Å². The summed E-state index contributed by atoms with van der Waals surface area (Å²) in [6.07, 6.45) is 9.68. The van der Waals surface area contributed by atoms with Gasteiger partial charge in [-0.2, -0.15) is 0 Å². The maximum atomic E-state index is 7.69. The van der Waals surface area contributed by atoms with Gasteiger partial charge in [0, 0.05) is 39.3 Å². The highest BCUT2D eigenvalue weighted by Gasteiger charge is 2.51. The monoisotopic (exact) mass is 921 g/mol. The molecule has 0 saturated heterocycles. The predicted octanol–water partition coefficient (Wildman–Crippen LogP) is 16.3. The van der Waals surface area contributed by atoms with E-state index in [-0.39, 0.29) is 44.6 Å². The molecule has 1 saturated carbocycles. The highest BCUT2D eigenvalue weighted by Crippen LogP contribution is 2.58. The van der Waals surface area contributed by atoms with Gasteiger partial charge in [0.2, 0.25) is 5.88 Å². The van der Waals surface area contributed by atoms with Gasteiger partial charge in [0.05, 0.1) is 0 Å². The topological polar surface area (TPSA) is 19.6 Å². The first-order valence-corrected chi connectivity index (χ1v) is 26.9. The van der Waals surface area contributed by atoms with Crippen molar-refractivity contribution >= 4 is 68.4 Å². The molecule has 0 N–H and O–H groups in total. The minimum absolute atomic E-state index is 0.0400. The summed E-state index contributed by atoms with van der Waals surface area (Å²) in [6.45, 7) is 31.8. The van der Waals surface area contributed by atoms with E-state index in [9.17, 15) is 0 Å². The minimum Gasteiger partial charge on any atom is -0.440 e. The SMILES string of the molecule is CC(C)(C)c1ccc2c(c1)B1c3c(cc(-c4ccccc4)cc3N(c3ccc4c(c3)C(C)(C)CCC4(C)C)c3oc4cc5c(cc4c31)C1(C)CCC5(C)CC1)N2c1ccc2c(c1)C(C)(C)CCC2(C)C. The Hall–Kier alpha value is -5.48. The van der Waals surface area contributed by atoms with Crippen LogP contribution < -0.4 is 26.2 Å². The van der Waals surface area contributed by atoms with Gasteiger partial charge in [-0.3, -0.25) is 4.90 Å². The van der Waals surface area contributed by atoms with E-state index >= 15 is 0 Å². The van der Waals surface area contributed by atoms with Gasteiger partial charge in [0.1, 0.15) is 5.58 Å². The molecule has 0 atom stereocenters. The number of hydrogen-bond acceptors (Lipinski definition) is 3. The summed E-state index contributed by atoms with van der Waals surface area (Å²) in [5, 5.41) is 1.28. The number of nitrogens with zero attached hydrogens (tertiary/aromatic N) is 2. The van der Waals surface area contributed by atoms with Crippen LogP contribution in [-0.4, -0.2) is 6.71 Å². The smallest absolute Gasteiger partial charge is 0.257 e. The molecular formula is C66H73BN2O. The molecule has 14 rings (SSSR count). The molecule has 3 nitrogen and oxygen atoms in total. The average Bonchev–Trinajstić information content (AvgIpc) is 3.70. The number of hydrogen-bond donors (Lipinski definition) is 0. The van der Waals surface area contributed by atoms with Crippen LogP contribution in [-0.2, 0) is 37.9 Å². The molecule has 0 radical (unpaired) electrons. The number of rotatable bonds is 3. The third-order valence-corrected chi connectivity index (χ3v) is 19.7. The lowest BCUT2D eigenvalue weighted by Gasteiger charge is -2.52. The van der Waals surface area contributed by atoms with Crippen LogP contribution in [0.2, 0.25) is 0 Å². The van der Waals surface area contributed by atoms with Crippen LogP contribution in [0.3, 0.4) is 0 Å². The second-order valence-electron chi connectivity index (χ2n) is 27.3. The number of fused-ring (bicyclic) bond motifs is 10. The van der Waals surface area contributed by atoms with Gasteiger partial charge in [0.25, 0.3) is 6.71 Å². The quantitative estimate of drug-likeness (QED) is 0.165. The van der Waals surface area contributed by atoms with Gasteiger partial charge in [-0.25, -0.2) is 0 Å². The van der Waals surface area contributed by atoms with Crippen molar-refractivity contribution in [2.24, 2.45) is 0 Å². The Kier molecular flexibility index (Phi) is 8.98. The normalized spacial score (nSPS) is 23.8. The van der Waals surface area contributed by atoms with Gasteiger partial charge in [-0.05, 0) is 205 Å². The lowest BCUT2D eigenvalue weighted by molar-refractivity contribution is 0.188. The first-order valence-electron chi connectivity index (χ1n) is 26.9. The van der Waals surface area contributed by atoms with E-state index in [0.29, 0.717) is 0 Å². The van der Waals surface area contributed by atoms with E-state index in [0.717, 1.165) is 17.9 Å². The van der Waals surface area contributed by atoms with Crippen LogP contribution in [0, 0.1) is 0 Å². The van der Waals surface area contributed by atoms with Crippen molar-refractivity contribution in [3.8, 4) is 11.1 Å². The molecule has 356 valence electrons. The van der Waals surface area contributed by atoms with Gasteiger partial charge >= 0.3 is 0 Å². The summed E-state index contributed by atoms with van der Waals surface area (Å²) in [6, 6.07) is 43.7. The van der Waals surface area contributed by atoms with E-state index in [1.165, 1.54) is 140 Å². The van der Waals surface area contributed by atoms with Crippen molar-refractivity contribution in [1.82, 2.24) is 0 Å². The maximum absolute atomic E-state index is 7.69. The molecule has 7 aromatic rings. The Morgan fingerprint density at radius 1 is 0.443 bits per heavy atom. The average molecular weight is 921 g/mol. The zero-order chi connectivity index (χ0) is 48.9. The fourth-order valence-corrected chi connectivity index (χ4v) is 14.7. The molecule has 2 aliphatic heterocycles. The molecule has 4 heteroatoms. The van der Waals surface area contributed by atoms with Crippen LogP contribution in [0.5, 0.6) is 0 Å². The summed E-state index contributed by atoms with van der Waals surface area (Å²) in [5.74, 6) is 0.972. The third-order valence-electron chi connectivity index (χ3n) is 19.7. The van der Waals surface area contributed by atoms with E-state index < -0.39 is 0 Å². The highest BCUT2D eigenvalue weighted by molar-refractivity contribution is 7.01. The summed E-state index contributed by atoms with van der Waals surface area (Å²) in [7, 11) is 0. The van der Waals surface area contributed by atoms with Gasteiger partial charge in [0.15, 0.2) is 0 Å². The summed E-state index contributed by atoms with van der Waals surface area (Å²) in [4.78, 5) is 5.23. The van der Waals surface area contributed by atoms with E-state index in [1.807, 2.05) is 0 Å². The highest BCUT2D eigenvalue weighted by atomic mass is 16.4. The second-order valence-corrected chi connectivity index (χ2v) is 27.3. The minimum atomic E-state index is -0.0564. The lowest BCUT2D eigenvalue weighted by Crippen LogP contribution is -2.61. The van der Waals surface area contributed by atoms with Crippen molar-refractivity contribution in [2.45, 2.75) is 179 Å². The largest absolute Gasteiger partial charge is 0.440 e. The molecule has 0 unspecified atom stereocenters. The molecular weight excluding hydrogens is 848 g/mol. The maximum Gasteiger partial charge on any atom is 0.257 e. The number of anilines is 6. The van der Waals surface area contributed by atoms with E-state index in [1.54, 1.807) is 5.56 Å². The molecule has 6 aromatic carbocycles. The Balaban J connectivity index is 1.17. The Morgan fingerprint density at radius 3 is 1.51 bits per heavy atom. The lowest BCUT2D eigenvalue weighted by atomic mass is 9.33. The molecule has 70 heavy (non-hydrogen) atoms. The van der Waals surface area contributed by atoms with Gasteiger partial charge in [-0.15, -0.1) is 0 Å². The second kappa shape index (κ2) is 14.1. The van der Waals surface area contributed by atoms with Crippen molar-refractivity contribution in [3.05, 3.63) is 148 Å². The number of furan rings is 1. The van der Waals surface area contributed by atoms with Crippen molar-refractivity contribution in [3.63, 3.8) is 0 Å². The summed E-state index contributed by atoms with van der Waals surface area (Å²) in [5.41, 5.74) is 24.6. The van der Waals surface area contributed by atoms with E-state index in [4.69, 9.17) is 4.42 Å². The first kappa shape index (κ1) is 44.5. The van der Waals surface area contributed by atoms with Gasteiger partial charge < -0.3 is 9.32 Å². The zero-order valence-electron chi connectivity index (χ0n) is 44.4. The molecule has 7 aliphatic rings. The fraction of sp³-hybridized carbons (Fsp3) is 0.424. The molecule has 5 aliphatic carbocycles. The molecule has 0 amide bonds. The predicted molar refractivity (Wildman–Crippen MR) is 298 cm³/mol. The van der Waals surface area contributed by atoms with Crippen molar-refractivity contribution in [2.75, 3.05) is 9.80 Å². The van der Waals surface area contributed by atoms with Crippen LogP contribution in [0.25, 0.3) is 22.1 Å². The van der Waals surface area contributed by atoms with E-state index in [2.05, 4.69) is 209 Å². The van der Waals surface area contributed by atoms with Crippen LogP contribution in [0.1, 0.15) is 180 Å².